The summed E-state index contributed by atoms with van der Waals surface area (Å²) in [6.07, 6.45) is 4.25. The number of hydrogen-bond donors (Lipinski definition) is 8. The molecule has 10 nitrogen and oxygen atoms in total. The minimum Gasteiger partial charge on any atom is -0.394 e. The molecular weight excluding hydrogens is 398 g/mol. The lowest BCUT2D eigenvalue weighted by Gasteiger charge is -2.16. The number of rotatable bonds is 16. The van der Waals surface area contributed by atoms with Crippen LogP contribution in [0.2, 0.25) is 0 Å². The number of carbonyl (C=O) groups is 2. The number of nitrogens with two attached hydrogens (primary N) is 2. The maximum Gasteiger partial charge on any atom is 0.244 e. The summed E-state index contributed by atoms with van der Waals surface area (Å²) < 4.78 is 0. The second-order valence-corrected chi connectivity index (χ2v) is 7.28. The number of hydrogen-bond acceptors (Lipinski definition) is 6. The monoisotopic (exact) mass is 435 g/mol. The highest BCUT2D eigenvalue weighted by atomic mass is 16.3. The first-order chi connectivity index (χ1) is 15.0. The van der Waals surface area contributed by atoms with Crippen LogP contribution in [0.4, 0.5) is 5.69 Å². The first-order valence-corrected chi connectivity index (χ1v) is 10.7. The topological polar surface area (TPSA) is 178 Å². The molecule has 174 valence electrons. The van der Waals surface area contributed by atoms with Crippen molar-refractivity contribution in [3.63, 3.8) is 0 Å². The van der Waals surface area contributed by atoms with Gasteiger partial charge in [0.1, 0.15) is 6.04 Å². The Balaban J connectivity index is 2.21. The van der Waals surface area contributed by atoms with Crippen LogP contribution in [0.3, 0.4) is 0 Å². The second kappa shape index (κ2) is 16.1. The molecule has 1 atom stereocenters. The summed E-state index contributed by atoms with van der Waals surface area (Å²) in [5, 5.41) is 27.9. The largest absolute Gasteiger partial charge is 0.394 e. The number of anilines is 1. The lowest BCUT2D eigenvalue weighted by molar-refractivity contribution is -0.130. The number of carbonyl (C=O) groups excluding carboxylic acids is 2. The van der Waals surface area contributed by atoms with E-state index in [2.05, 4.69) is 21.3 Å². The van der Waals surface area contributed by atoms with Crippen molar-refractivity contribution in [2.45, 2.75) is 44.6 Å². The summed E-state index contributed by atoms with van der Waals surface area (Å²) in [6, 6.07) is 6.51. The fourth-order valence-electron chi connectivity index (χ4n) is 2.89. The van der Waals surface area contributed by atoms with E-state index >= 15 is 0 Å². The molecule has 0 fully saturated rings. The molecule has 0 heterocycles. The van der Waals surface area contributed by atoms with Crippen molar-refractivity contribution in [2.24, 2.45) is 11.5 Å². The quantitative estimate of drug-likeness (QED) is 0.0990. The summed E-state index contributed by atoms with van der Waals surface area (Å²) in [6.45, 7) is 2.49. The molecule has 0 radical (unpaired) electrons. The Morgan fingerprint density at radius 3 is 2.35 bits per heavy atom. The van der Waals surface area contributed by atoms with Crippen molar-refractivity contribution < 1.29 is 14.7 Å². The molecule has 0 aliphatic heterocycles. The summed E-state index contributed by atoms with van der Waals surface area (Å²) in [4.78, 5) is 24.3. The fraction of sp³-hybridized carbons (Fsp3) is 0.571. The van der Waals surface area contributed by atoms with Crippen LogP contribution in [-0.2, 0) is 16.0 Å². The standard InChI is InChI=1S/C21H37N7O3/c22-11-4-13-25-12-1-2-14-26-20(31)18(15-29)28-19(30)6-3-5-16-7-9-17(10-8-16)27-21(23)24/h7-10,18,25,29H,1-6,11-15,22H2,(H,26,31)(H,28,30)(H4,23,24,27)/t18-/m0/s1. The van der Waals surface area contributed by atoms with Crippen LogP contribution < -0.4 is 32.7 Å². The van der Waals surface area contributed by atoms with Crippen molar-refractivity contribution in [2.75, 3.05) is 38.1 Å². The van der Waals surface area contributed by atoms with Gasteiger partial charge in [-0.25, -0.2) is 0 Å². The van der Waals surface area contributed by atoms with Crippen molar-refractivity contribution in [3.8, 4) is 0 Å². The Morgan fingerprint density at radius 1 is 1.03 bits per heavy atom. The van der Waals surface area contributed by atoms with E-state index in [0.717, 1.165) is 43.6 Å². The van der Waals surface area contributed by atoms with E-state index < -0.39 is 12.6 Å². The van der Waals surface area contributed by atoms with E-state index in [9.17, 15) is 14.7 Å². The maximum atomic E-state index is 12.1. The van der Waals surface area contributed by atoms with Gasteiger partial charge < -0.3 is 37.8 Å². The summed E-state index contributed by atoms with van der Waals surface area (Å²) in [7, 11) is 0. The molecule has 1 aromatic rings. The Morgan fingerprint density at radius 2 is 1.71 bits per heavy atom. The van der Waals surface area contributed by atoms with E-state index in [0.29, 0.717) is 25.9 Å². The summed E-state index contributed by atoms with van der Waals surface area (Å²) in [5.41, 5.74) is 12.5. The molecule has 2 amide bonds. The Labute approximate surface area is 184 Å². The molecule has 0 bridgehead atoms. The number of aliphatic hydroxyl groups is 1. The highest BCUT2D eigenvalue weighted by molar-refractivity contribution is 5.89. The zero-order valence-corrected chi connectivity index (χ0v) is 18.1. The van der Waals surface area contributed by atoms with Crippen molar-refractivity contribution >= 4 is 23.5 Å². The SMILES string of the molecule is N=C(N)Nc1ccc(CCCC(=O)N[C@@H](CO)C(=O)NCCCCNCCCN)cc1. The number of benzene rings is 1. The number of aryl methyl sites for hydroxylation is 1. The highest BCUT2D eigenvalue weighted by Crippen LogP contribution is 2.11. The van der Waals surface area contributed by atoms with Crippen LogP contribution in [0.25, 0.3) is 0 Å². The first-order valence-electron chi connectivity index (χ1n) is 10.7. The molecule has 0 saturated heterocycles. The van der Waals surface area contributed by atoms with Crippen molar-refractivity contribution in [1.29, 1.82) is 5.41 Å². The van der Waals surface area contributed by atoms with Gasteiger partial charge in [0.05, 0.1) is 6.61 Å². The zero-order valence-electron chi connectivity index (χ0n) is 18.1. The van der Waals surface area contributed by atoms with E-state index in [1.54, 1.807) is 0 Å². The van der Waals surface area contributed by atoms with Gasteiger partial charge in [0, 0.05) is 18.7 Å². The van der Waals surface area contributed by atoms with Crippen molar-refractivity contribution in [3.05, 3.63) is 29.8 Å². The molecule has 0 aliphatic rings. The molecule has 0 aliphatic carbocycles. The van der Waals surface area contributed by atoms with Gasteiger partial charge in [-0.3, -0.25) is 15.0 Å². The fourth-order valence-corrected chi connectivity index (χ4v) is 2.89. The average Bonchev–Trinajstić information content (AvgIpc) is 2.74. The van der Waals surface area contributed by atoms with Crippen molar-refractivity contribution in [1.82, 2.24) is 16.0 Å². The minimum absolute atomic E-state index is 0.123. The molecule has 1 rings (SSSR count). The zero-order chi connectivity index (χ0) is 22.9. The van der Waals surface area contributed by atoms with Crippen LogP contribution in [0.15, 0.2) is 24.3 Å². The predicted octanol–water partition coefficient (Wildman–Crippen LogP) is -0.373. The lowest BCUT2D eigenvalue weighted by atomic mass is 10.1. The molecule has 31 heavy (non-hydrogen) atoms. The van der Waals surface area contributed by atoms with Gasteiger partial charge in [-0.05, 0) is 69.4 Å². The highest BCUT2D eigenvalue weighted by Gasteiger charge is 2.19. The van der Waals surface area contributed by atoms with E-state index in [1.165, 1.54) is 0 Å². The Bertz CT molecular complexity index is 667. The predicted molar refractivity (Wildman–Crippen MR) is 123 cm³/mol. The molecule has 10 heteroatoms. The second-order valence-electron chi connectivity index (χ2n) is 7.28. The number of guanidine groups is 1. The normalized spacial score (nSPS) is 11.5. The number of nitrogens with one attached hydrogen (secondary N) is 5. The summed E-state index contributed by atoms with van der Waals surface area (Å²) in [5.74, 6) is -0.768. The smallest absolute Gasteiger partial charge is 0.244 e. The van der Waals surface area contributed by atoms with Crippen LogP contribution in [-0.4, -0.2) is 61.7 Å². The third-order valence-corrected chi connectivity index (χ3v) is 4.57. The lowest BCUT2D eigenvalue weighted by Crippen LogP contribution is -2.49. The van der Waals surface area contributed by atoms with E-state index in [-0.39, 0.29) is 24.2 Å². The minimum atomic E-state index is -0.938. The third kappa shape index (κ3) is 12.6. The van der Waals surface area contributed by atoms with E-state index in [4.69, 9.17) is 16.9 Å². The number of amides is 2. The van der Waals surface area contributed by atoms with Crippen LogP contribution in [0.5, 0.6) is 0 Å². The molecule has 0 spiro atoms. The van der Waals surface area contributed by atoms with Crippen LogP contribution in [0.1, 0.15) is 37.7 Å². The van der Waals surface area contributed by atoms with Crippen LogP contribution in [0, 0.1) is 5.41 Å². The van der Waals surface area contributed by atoms with Gasteiger partial charge in [0.15, 0.2) is 5.96 Å². The van der Waals surface area contributed by atoms with Gasteiger partial charge in [-0.1, -0.05) is 12.1 Å². The van der Waals surface area contributed by atoms with Gasteiger partial charge in [0.25, 0.3) is 0 Å². The van der Waals surface area contributed by atoms with Gasteiger partial charge in [0.2, 0.25) is 11.8 Å². The third-order valence-electron chi connectivity index (χ3n) is 4.57. The maximum absolute atomic E-state index is 12.1. The Kier molecular flexibility index (Phi) is 13.6. The number of aliphatic hydroxyl groups excluding tert-OH is 1. The van der Waals surface area contributed by atoms with Gasteiger partial charge >= 0.3 is 0 Å². The molecule has 0 saturated carbocycles. The Hall–Kier alpha value is -2.69. The van der Waals surface area contributed by atoms with Gasteiger partial charge in [-0.2, -0.15) is 0 Å². The van der Waals surface area contributed by atoms with Gasteiger partial charge in [-0.15, -0.1) is 0 Å². The molecule has 1 aromatic carbocycles. The molecule has 10 N–H and O–H groups in total. The summed E-state index contributed by atoms with van der Waals surface area (Å²) >= 11 is 0. The molecule has 0 aromatic heterocycles. The molecular formula is C21H37N7O3. The number of unbranched alkanes of at least 4 members (excludes halogenated alkanes) is 1. The molecule has 0 unspecified atom stereocenters. The van der Waals surface area contributed by atoms with E-state index in [1.807, 2.05) is 24.3 Å². The average molecular weight is 436 g/mol. The first kappa shape index (κ1) is 26.3. The van der Waals surface area contributed by atoms with Crippen LogP contribution >= 0.6 is 0 Å².